The highest BCUT2D eigenvalue weighted by atomic mass is 19.1. The van der Waals surface area contributed by atoms with Crippen LogP contribution < -0.4 is 10.2 Å². The molecule has 39 heavy (non-hydrogen) atoms. The van der Waals surface area contributed by atoms with Gasteiger partial charge < -0.3 is 20.0 Å². The normalized spacial score (nSPS) is 15.1. The highest BCUT2D eigenvalue weighted by molar-refractivity contribution is 5.95. The lowest BCUT2D eigenvalue weighted by Crippen LogP contribution is -2.48. The fourth-order valence-electron chi connectivity index (χ4n) is 4.79. The van der Waals surface area contributed by atoms with Crippen LogP contribution in [0.1, 0.15) is 34.3 Å². The predicted molar refractivity (Wildman–Crippen MR) is 149 cm³/mol. The van der Waals surface area contributed by atoms with E-state index >= 15 is 0 Å². The average Bonchev–Trinajstić information content (AvgIpc) is 3.80. The Balaban J connectivity index is 1.14. The number of halogens is 1. The molecule has 3 aromatic rings. The SMILES string of the molecule is Cc1ccc(C(=O)N2CCN(c3ccc(NC(=O)CN(Cc4ccc(F)cc4)C(=O)C4CC4)cc3)CC2)cc1. The van der Waals surface area contributed by atoms with Crippen LogP contribution in [0.4, 0.5) is 15.8 Å². The molecule has 3 amide bonds. The quantitative estimate of drug-likeness (QED) is 0.468. The molecule has 5 rings (SSSR count). The van der Waals surface area contributed by atoms with Crippen LogP contribution >= 0.6 is 0 Å². The van der Waals surface area contributed by atoms with Gasteiger partial charge in [0.2, 0.25) is 11.8 Å². The van der Waals surface area contributed by atoms with Crippen molar-refractivity contribution in [1.82, 2.24) is 9.80 Å². The molecule has 1 aliphatic carbocycles. The second-order valence-electron chi connectivity index (χ2n) is 10.3. The number of hydrogen-bond acceptors (Lipinski definition) is 4. The van der Waals surface area contributed by atoms with E-state index in [1.54, 1.807) is 17.0 Å². The predicted octanol–water partition coefficient (Wildman–Crippen LogP) is 4.47. The molecule has 0 unspecified atom stereocenters. The minimum atomic E-state index is -0.336. The molecular weight excluding hydrogens is 495 g/mol. The van der Waals surface area contributed by atoms with Crippen molar-refractivity contribution in [1.29, 1.82) is 0 Å². The van der Waals surface area contributed by atoms with Crippen LogP contribution in [0.5, 0.6) is 0 Å². The first-order valence-electron chi connectivity index (χ1n) is 13.4. The second-order valence-corrected chi connectivity index (χ2v) is 10.3. The monoisotopic (exact) mass is 528 g/mol. The van der Waals surface area contributed by atoms with Crippen molar-refractivity contribution in [3.05, 3.63) is 95.3 Å². The van der Waals surface area contributed by atoms with Gasteiger partial charge in [-0.25, -0.2) is 4.39 Å². The molecule has 0 spiro atoms. The lowest BCUT2D eigenvalue weighted by Gasteiger charge is -2.36. The molecule has 2 aliphatic rings. The second kappa shape index (κ2) is 11.7. The molecule has 2 fully saturated rings. The lowest BCUT2D eigenvalue weighted by atomic mass is 10.1. The van der Waals surface area contributed by atoms with Gasteiger partial charge >= 0.3 is 0 Å². The summed E-state index contributed by atoms with van der Waals surface area (Å²) in [6.45, 7) is 4.94. The molecule has 3 aromatic carbocycles. The topological polar surface area (TPSA) is 73.0 Å². The standard InChI is InChI=1S/C31H33FN4O3/c1-22-2-6-24(7-3-22)30(38)35-18-16-34(17-19-35)28-14-12-27(13-15-28)33-29(37)21-36(31(39)25-8-9-25)20-23-4-10-26(32)11-5-23/h2-7,10-15,25H,8-9,16-21H2,1H3,(H,33,37). The zero-order valence-corrected chi connectivity index (χ0v) is 22.1. The maximum Gasteiger partial charge on any atom is 0.253 e. The van der Waals surface area contributed by atoms with Crippen LogP contribution in [-0.4, -0.2) is 60.2 Å². The minimum absolute atomic E-state index is 0.0230. The van der Waals surface area contributed by atoms with Gasteiger partial charge in [0.15, 0.2) is 0 Å². The van der Waals surface area contributed by atoms with Crippen LogP contribution in [0.15, 0.2) is 72.8 Å². The van der Waals surface area contributed by atoms with Crippen LogP contribution in [0.25, 0.3) is 0 Å². The third kappa shape index (κ3) is 6.82. The van der Waals surface area contributed by atoms with E-state index in [2.05, 4.69) is 10.2 Å². The van der Waals surface area contributed by atoms with Crippen molar-refractivity contribution in [2.45, 2.75) is 26.3 Å². The van der Waals surface area contributed by atoms with E-state index in [1.165, 1.54) is 12.1 Å². The highest BCUT2D eigenvalue weighted by Gasteiger charge is 2.34. The molecule has 0 radical (unpaired) electrons. The van der Waals surface area contributed by atoms with Crippen LogP contribution in [-0.2, 0) is 16.1 Å². The third-order valence-corrected chi connectivity index (χ3v) is 7.24. The van der Waals surface area contributed by atoms with E-state index in [0.29, 0.717) is 24.3 Å². The Bertz CT molecular complexity index is 1310. The van der Waals surface area contributed by atoms with E-state index in [9.17, 15) is 18.8 Å². The first kappa shape index (κ1) is 26.4. The summed E-state index contributed by atoms with van der Waals surface area (Å²) in [5, 5.41) is 2.89. The number of aryl methyl sites for hydroxylation is 1. The summed E-state index contributed by atoms with van der Waals surface area (Å²) < 4.78 is 13.3. The van der Waals surface area contributed by atoms with Gasteiger partial charge in [-0.1, -0.05) is 29.8 Å². The molecule has 0 aromatic heterocycles. The van der Waals surface area contributed by atoms with Gasteiger partial charge in [0.25, 0.3) is 5.91 Å². The summed E-state index contributed by atoms with van der Waals surface area (Å²) in [6, 6.07) is 21.3. The largest absolute Gasteiger partial charge is 0.368 e. The Kier molecular flexibility index (Phi) is 7.91. The Morgan fingerprint density at radius 2 is 1.51 bits per heavy atom. The summed E-state index contributed by atoms with van der Waals surface area (Å²) in [4.78, 5) is 44.1. The number of nitrogens with one attached hydrogen (secondary N) is 1. The average molecular weight is 529 g/mol. The maximum absolute atomic E-state index is 13.3. The number of amides is 3. The summed E-state index contributed by atoms with van der Waals surface area (Å²) >= 11 is 0. The molecule has 1 saturated carbocycles. The summed E-state index contributed by atoms with van der Waals surface area (Å²) in [7, 11) is 0. The fraction of sp³-hybridized carbons (Fsp3) is 0.323. The van der Waals surface area contributed by atoms with Gasteiger partial charge in [-0.2, -0.15) is 0 Å². The molecule has 7 nitrogen and oxygen atoms in total. The van der Waals surface area contributed by atoms with Crippen molar-refractivity contribution in [3.63, 3.8) is 0 Å². The molecule has 0 bridgehead atoms. The van der Waals surface area contributed by atoms with Crippen LogP contribution in [0, 0.1) is 18.7 Å². The summed E-state index contributed by atoms with van der Waals surface area (Å²) in [5.41, 5.74) is 4.30. The van der Waals surface area contributed by atoms with Gasteiger partial charge in [-0.15, -0.1) is 0 Å². The number of hydrogen-bond donors (Lipinski definition) is 1. The number of piperazine rings is 1. The lowest BCUT2D eigenvalue weighted by molar-refractivity contribution is -0.136. The van der Waals surface area contributed by atoms with Crippen LogP contribution in [0.2, 0.25) is 0 Å². The van der Waals surface area contributed by atoms with Gasteiger partial charge in [-0.05, 0) is 73.9 Å². The van der Waals surface area contributed by atoms with Gasteiger partial charge in [-0.3, -0.25) is 14.4 Å². The molecule has 1 N–H and O–H groups in total. The third-order valence-electron chi connectivity index (χ3n) is 7.24. The van der Waals surface area contributed by atoms with E-state index in [4.69, 9.17) is 0 Å². The maximum atomic E-state index is 13.3. The molecule has 1 heterocycles. The van der Waals surface area contributed by atoms with E-state index < -0.39 is 0 Å². The van der Waals surface area contributed by atoms with Crippen molar-refractivity contribution in [2.24, 2.45) is 5.92 Å². The van der Waals surface area contributed by atoms with E-state index in [-0.39, 0.29) is 42.5 Å². The first-order valence-corrected chi connectivity index (χ1v) is 13.4. The number of anilines is 2. The van der Waals surface area contributed by atoms with Crippen molar-refractivity contribution in [3.8, 4) is 0 Å². The smallest absolute Gasteiger partial charge is 0.253 e. The summed E-state index contributed by atoms with van der Waals surface area (Å²) in [5.74, 6) is -0.615. The zero-order chi connectivity index (χ0) is 27.4. The molecule has 202 valence electrons. The molecule has 8 heteroatoms. The number of nitrogens with zero attached hydrogens (tertiary/aromatic N) is 3. The van der Waals surface area contributed by atoms with Crippen LogP contribution in [0.3, 0.4) is 0 Å². The number of rotatable bonds is 8. The Labute approximate surface area is 228 Å². The van der Waals surface area contributed by atoms with Gasteiger partial charge in [0.05, 0.1) is 0 Å². The molecule has 1 aliphatic heterocycles. The Morgan fingerprint density at radius 1 is 0.872 bits per heavy atom. The highest BCUT2D eigenvalue weighted by Crippen LogP contribution is 2.31. The minimum Gasteiger partial charge on any atom is -0.368 e. The first-order chi connectivity index (χ1) is 18.9. The summed E-state index contributed by atoms with van der Waals surface area (Å²) in [6.07, 6.45) is 1.69. The Hall–Kier alpha value is -4.20. The number of carbonyl (C=O) groups is 3. The van der Waals surface area contributed by atoms with E-state index in [0.717, 1.165) is 42.7 Å². The fourth-order valence-corrected chi connectivity index (χ4v) is 4.79. The number of carbonyl (C=O) groups excluding carboxylic acids is 3. The zero-order valence-electron chi connectivity index (χ0n) is 22.1. The van der Waals surface area contributed by atoms with Crippen molar-refractivity contribution >= 4 is 29.1 Å². The Morgan fingerprint density at radius 3 is 2.13 bits per heavy atom. The molecule has 0 atom stereocenters. The molecular formula is C31H33FN4O3. The van der Waals surface area contributed by atoms with Crippen molar-refractivity contribution in [2.75, 3.05) is 42.9 Å². The van der Waals surface area contributed by atoms with Gasteiger partial charge in [0.1, 0.15) is 12.4 Å². The van der Waals surface area contributed by atoms with Gasteiger partial charge in [0, 0.05) is 55.6 Å². The van der Waals surface area contributed by atoms with Crippen molar-refractivity contribution < 1.29 is 18.8 Å². The molecule has 1 saturated heterocycles. The number of benzene rings is 3. The van der Waals surface area contributed by atoms with E-state index in [1.807, 2.05) is 60.4 Å².